The molecule has 0 saturated carbocycles. The molecule has 0 amide bonds. The first-order valence-electron chi connectivity index (χ1n) is 5.10. The van der Waals surface area contributed by atoms with Crippen LogP contribution >= 0.6 is 15.9 Å². The normalized spacial score (nSPS) is 10.3. The topological polar surface area (TPSA) is 70.2 Å². The molecule has 7 heteroatoms. The van der Waals surface area contributed by atoms with Crippen LogP contribution in [0.2, 0.25) is 0 Å². The molecule has 0 fully saturated rings. The molecule has 0 radical (unpaired) electrons. The molecular formula is C11H10BrN3O3. The van der Waals surface area contributed by atoms with E-state index in [-0.39, 0.29) is 5.69 Å². The molecule has 1 heterocycles. The van der Waals surface area contributed by atoms with Crippen molar-refractivity contribution < 1.29 is 9.66 Å². The summed E-state index contributed by atoms with van der Waals surface area (Å²) in [5, 5.41) is 14.6. The minimum absolute atomic E-state index is 0.0482. The second kappa shape index (κ2) is 5.18. The summed E-state index contributed by atoms with van der Waals surface area (Å²) in [6.45, 7) is 0.324. The van der Waals surface area contributed by atoms with E-state index in [0.717, 1.165) is 5.56 Å². The predicted octanol–water partition coefficient (Wildman–Crippen LogP) is 2.67. The van der Waals surface area contributed by atoms with Gasteiger partial charge in [-0.05, 0) is 6.07 Å². The number of hydrogen-bond donors (Lipinski definition) is 0. The van der Waals surface area contributed by atoms with Crippen molar-refractivity contribution in [3.8, 4) is 5.75 Å². The number of nitrogens with zero attached hydrogens (tertiary/aromatic N) is 3. The van der Waals surface area contributed by atoms with Crippen molar-refractivity contribution in [3.05, 3.63) is 50.7 Å². The van der Waals surface area contributed by atoms with E-state index < -0.39 is 4.92 Å². The van der Waals surface area contributed by atoms with Gasteiger partial charge in [0.2, 0.25) is 0 Å². The van der Waals surface area contributed by atoms with Crippen molar-refractivity contribution in [2.24, 2.45) is 7.05 Å². The molecule has 0 bridgehead atoms. The van der Waals surface area contributed by atoms with Crippen LogP contribution < -0.4 is 4.74 Å². The zero-order valence-corrected chi connectivity index (χ0v) is 11.1. The molecule has 0 aliphatic heterocycles. The van der Waals surface area contributed by atoms with Gasteiger partial charge in [0.05, 0.1) is 17.3 Å². The molecule has 0 aliphatic rings. The fraction of sp³-hybridized carbons (Fsp3) is 0.182. The van der Waals surface area contributed by atoms with Crippen molar-refractivity contribution >= 4 is 21.6 Å². The number of non-ortho nitro benzene ring substituents is 1. The molecule has 2 aromatic rings. The molecule has 0 saturated heterocycles. The SMILES string of the molecule is Cn1cc(OCc2ccc([N+](=O)[O-])cc2Br)cn1. The largest absolute Gasteiger partial charge is 0.486 e. The highest BCUT2D eigenvalue weighted by atomic mass is 79.9. The summed E-state index contributed by atoms with van der Waals surface area (Å²) in [6.07, 6.45) is 3.36. The Morgan fingerprint density at radius 2 is 2.33 bits per heavy atom. The summed E-state index contributed by atoms with van der Waals surface area (Å²) in [5.74, 6) is 0.655. The summed E-state index contributed by atoms with van der Waals surface area (Å²) in [6, 6.07) is 4.58. The molecule has 0 N–H and O–H groups in total. The highest BCUT2D eigenvalue weighted by Crippen LogP contribution is 2.24. The highest BCUT2D eigenvalue weighted by molar-refractivity contribution is 9.10. The third-order valence-corrected chi connectivity index (χ3v) is 3.06. The Morgan fingerprint density at radius 3 is 2.89 bits per heavy atom. The van der Waals surface area contributed by atoms with Crippen LogP contribution in [0.25, 0.3) is 0 Å². The third-order valence-electron chi connectivity index (χ3n) is 2.32. The van der Waals surface area contributed by atoms with Gasteiger partial charge in [-0.2, -0.15) is 5.10 Å². The summed E-state index contributed by atoms with van der Waals surface area (Å²) in [5.41, 5.74) is 0.886. The molecule has 6 nitrogen and oxygen atoms in total. The van der Waals surface area contributed by atoms with Gasteiger partial charge in [-0.25, -0.2) is 0 Å². The Balaban J connectivity index is 2.08. The molecule has 2 rings (SSSR count). The standard InChI is InChI=1S/C11H10BrN3O3/c1-14-6-10(5-13-14)18-7-8-2-3-9(15(16)17)4-11(8)12/h2-6H,7H2,1H3. The van der Waals surface area contributed by atoms with Crippen LogP contribution in [0.15, 0.2) is 35.1 Å². The highest BCUT2D eigenvalue weighted by Gasteiger charge is 2.09. The minimum atomic E-state index is -0.434. The number of aryl methyl sites for hydroxylation is 1. The third kappa shape index (κ3) is 2.86. The van der Waals surface area contributed by atoms with Crippen LogP contribution in [0.3, 0.4) is 0 Å². The van der Waals surface area contributed by atoms with Gasteiger partial charge in [-0.1, -0.05) is 15.9 Å². The van der Waals surface area contributed by atoms with E-state index in [4.69, 9.17) is 4.74 Å². The first-order chi connectivity index (χ1) is 8.56. The summed E-state index contributed by atoms with van der Waals surface area (Å²) in [4.78, 5) is 10.2. The lowest BCUT2D eigenvalue weighted by Crippen LogP contribution is -1.97. The number of nitro groups is 1. The lowest BCUT2D eigenvalue weighted by Gasteiger charge is -2.05. The van der Waals surface area contributed by atoms with Crippen LogP contribution in [-0.4, -0.2) is 14.7 Å². The lowest BCUT2D eigenvalue weighted by atomic mass is 10.2. The van der Waals surface area contributed by atoms with Gasteiger partial charge >= 0.3 is 0 Å². The molecule has 0 unspecified atom stereocenters. The number of ether oxygens (including phenoxy) is 1. The van der Waals surface area contributed by atoms with E-state index in [1.165, 1.54) is 12.1 Å². The molecule has 0 aliphatic carbocycles. The van der Waals surface area contributed by atoms with E-state index in [9.17, 15) is 10.1 Å². The average molecular weight is 312 g/mol. The van der Waals surface area contributed by atoms with E-state index in [2.05, 4.69) is 21.0 Å². The van der Waals surface area contributed by atoms with Crippen LogP contribution in [-0.2, 0) is 13.7 Å². The number of benzene rings is 1. The van der Waals surface area contributed by atoms with Gasteiger partial charge in [0.1, 0.15) is 6.61 Å². The van der Waals surface area contributed by atoms with Gasteiger partial charge < -0.3 is 4.74 Å². The van der Waals surface area contributed by atoms with Gasteiger partial charge in [0.25, 0.3) is 5.69 Å². The first kappa shape index (κ1) is 12.6. The van der Waals surface area contributed by atoms with Crippen molar-refractivity contribution in [2.75, 3.05) is 0 Å². The smallest absolute Gasteiger partial charge is 0.270 e. The number of nitro benzene ring substituents is 1. The molecule has 18 heavy (non-hydrogen) atoms. The molecule has 1 aromatic heterocycles. The lowest BCUT2D eigenvalue weighted by molar-refractivity contribution is -0.384. The van der Waals surface area contributed by atoms with Gasteiger partial charge in [0, 0.05) is 29.2 Å². The van der Waals surface area contributed by atoms with Gasteiger partial charge in [-0.3, -0.25) is 14.8 Å². The van der Waals surface area contributed by atoms with Crippen molar-refractivity contribution in [3.63, 3.8) is 0 Å². The van der Waals surface area contributed by atoms with Gasteiger partial charge in [-0.15, -0.1) is 0 Å². The van der Waals surface area contributed by atoms with Crippen molar-refractivity contribution in [1.29, 1.82) is 0 Å². The van der Waals surface area contributed by atoms with Crippen LogP contribution in [0, 0.1) is 10.1 Å². The molecule has 1 aromatic carbocycles. The quantitative estimate of drug-likeness (QED) is 0.643. The Morgan fingerprint density at radius 1 is 1.56 bits per heavy atom. The number of rotatable bonds is 4. The zero-order valence-electron chi connectivity index (χ0n) is 9.54. The molecular weight excluding hydrogens is 302 g/mol. The first-order valence-corrected chi connectivity index (χ1v) is 5.90. The number of halogens is 1. The Bertz CT molecular complexity index is 583. The maximum atomic E-state index is 10.6. The average Bonchev–Trinajstić information content (AvgIpc) is 2.73. The molecule has 0 spiro atoms. The zero-order chi connectivity index (χ0) is 13.1. The Kier molecular flexibility index (Phi) is 3.61. The minimum Gasteiger partial charge on any atom is -0.486 e. The Hall–Kier alpha value is -1.89. The second-order valence-electron chi connectivity index (χ2n) is 3.67. The van der Waals surface area contributed by atoms with Crippen molar-refractivity contribution in [1.82, 2.24) is 9.78 Å². The maximum absolute atomic E-state index is 10.6. The van der Waals surface area contributed by atoms with Crippen LogP contribution in [0.5, 0.6) is 5.75 Å². The van der Waals surface area contributed by atoms with Crippen LogP contribution in [0.1, 0.15) is 5.56 Å². The monoisotopic (exact) mass is 311 g/mol. The Labute approximate surface area is 111 Å². The molecule has 94 valence electrons. The van der Waals surface area contributed by atoms with Crippen molar-refractivity contribution in [2.45, 2.75) is 6.61 Å². The maximum Gasteiger partial charge on any atom is 0.270 e. The van der Waals surface area contributed by atoms with E-state index in [1.807, 2.05) is 0 Å². The fourth-order valence-corrected chi connectivity index (χ4v) is 1.88. The fourth-order valence-electron chi connectivity index (χ4n) is 1.40. The predicted molar refractivity (Wildman–Crippen MR) is 68.3 cm³/mol. The summed E-state index contributed by atoms with van der Waals surface area (Å²) in [7, 11) is 1.80. The van der Waals surface area contributed by atoms with Gasteiger partial charge in [0.15, 0.2) is 5.75 Å². The summed E-state index contributed by atoms with van der Waals surface area (Å²) >= 11 is 3.29. The van der Waals surface area contributed by atoms with E-state index >= 15 is 0 Å². The van der Waals surface area contributed by atoms with E-state index in [0.29, 0.717) is 16.8 Å². The number of hydrogen-bond acceptors (Lipinski definition) is 4. The van der Waals surface area contributed by atoms with Crippen LogP contribution in [0.4, 0.5) is 5.69 Å². The molecule has 0 atom stereocenters. The summed E-state index contributed by atoms with van der Waals surface area (Å²) < 4.78 is 7.80. The van der Waals surface area contributed by atoms with E-state index in [1.54, 1.807) is 30.2 Å². The second-order valence-corrected chi connectivity index (χ2v) is 4.53. The number of aromatic nitrogens is 2.